The van der Waals surface area contributed by atoms with Crippen molar-refractivity contribution in [2.75, 3.05) is 6.54 Å². The first kappa shape index (κ1) is 15.1. The monoisotopic (exact) mass is 287 g/mol. The molecule has 0 radical (unpaired) electrons. The van der Waals surface area contributed by atoms with Crippen LogP contribution in [0.2, 0.25) is 0 Å². The minimum absolute atomic E-state index is 0.257. The smallest absolute Gasteiger partial charge is 0.0687 e. The van der Waals surface area contributed by atoms with Gasteiger partial charge in [-0.1, -0.05) is 42.7 Å². The maximum atomic E-state index is 6.45. The molecule has 1 saturated carbocycles. The summed E-state index contributed by atoms with van der Waals surface area (Å²) in [6.45, 7) is 2.92. The van der Waals surface area contributed by atoms with Crippen molar-refractivity contribution < 1.29 is 4.74 Å². The molecule has 1 aromatic carbocycles. The van der Waals surface area contributed by atoms with Gasteiger partial charge < -0.3 is 10.5 Å². The number of hydrogen-bond donors (Lipinski definition) is 1. The van der Waals surface area contributed by atoms with Crippen LogP contribution >= 0.6 is 0 Å². The Labute approximate surface area is 129 Å². The van der Waals surface area contributed by atoms with Gasteiger partial charge in [-0.25, -0.2) is 0 Å². The Bertz CT molecular complexity index is 464. The molecule has 3 rings (SSSR count). The number of nitrogens with two attached hydrogens (primary N) is 1. The van der Waals surface area contributed by atoms with E-state index < -0.39 is 0 Å². The molecule has 1 heterocycles. The second kappa shape index (κ2) is 6.50. The summed E-state index contributed by atoms with van der Waals surface area (Å²) >= 11 is 0. The molecular formula is C19H29NO. The van der Waals surface area contributed by atoms with E-state index in [-0.39, 0.29) is 5.60 Å². The van der Waals surface area contributed by atoms with Crippen LogP contribution in [0.3, 0.4) is 0 Å². The summed E-state index contributed by atoms with van der Waals surface area (Å²) in [5, 5.41) is 0. The van der Waals surface area contributed by atoms with E-state index in [0.717, 1.165) is 19.4 Å². The van der Waals surface area contributed by atoms with Gasteiger partial charge in [-0.15, -0.1) is 0 Å². The van der Waals surface area contributed by atoms with Crippen molar-refractivity contribution >= 4 is 0 Å². The zero-order chi connectivity index (χ0) is 14.7. The summed E-state index contributed by atoms with van der Waals surface area (Å²) in [5.74, 6) is 0.549. The maximum Gasteiger partial charge on any atom is 0.0687 e. The number of ether oxygens (including phenoxy) is 1. The molecule has 0 bridgehead atoms. The van der Waals surface area contributed by atoms with Crippen molar-refractivity contribution in [3.63, 3.8) is 0 Å². The fraction of sp³-hybridized carbons (Fsp3) is 0.684. The SMILES string of the molecule is Cc1cccc(CC(CN)CC2CCC3(CCCC3)O2)c1. The standard InChI is InChI=1S/C19H29NO/c1-15-5-4-6-16(11-15)12-17(14-20)13-18-7-10-19(21-18)8-2-3-9-19/h4-6,11,17-18H,2-3,7-10,12-14,20H2,1H3. The molecule has 2 aliphatic rings. The fourth-order valence-electron chi connectivity index (χ4n) is 4.26. The van der Waals surface area contributed by atoms with E-state index >= 15 is 0 Å². The highest BCUT2D eigenvalue weighted by molar-refractivity contribution is 5.22. The quantitative estimate of drug-likeness (QED) is 0.888. The average molecular weight is 287 g/mol. The normalized spacial score (nSPS) is 25.5. The third kappa shape index (κ3) is 3.67. The van der Waals surface area contributed by atoms with Crippen LogP contribution in [0.5, 0.6) is 0 Å². The highest BCUT2D eigenvalue weighted by Crippen LogP contribution is 2.44. The molecule has 2 fully saturated rings. The molecule has 1 aromatic rings. The van der Waals surface area contributed by atoms with Gasteiger partial charge in [0.25, 0.3) is 0 Å². The van der Waals surface area contributed by atoms with Gasteiger partial charge in [-0.2, -0.15) is 0 Å². The number of hydrogen-bond acceptors (Lipinski definition) is 2. The van der Waals surface area contributed by atoms with Crippen LogP contribution in [0.15, 0.2) is 24.3 Å². The fourth-order valence-corrected chi connectivity index (χ4v) is 4.26. The Morgan fingerprint density at radius 3 is 2.81 bits per heavy atom. The van der Waals surface area contributed by atoms with Crippen LogP contribution in [0, 0.1) is 12.8 Å². The van der Waals surface area contributed by atoms with Crippen molar-refractivity contribution in [2.24, 2.45) is 11.7 Å². The molecule has 116 valence electrons. The van der Waals surface area contributed by atoms with E-state index in [0.29, 0.717) is 12.0 Å². The lowest BCUT2D eigenvalue weighted by Gasteiger charge is -2.25. The van der Waals surface area contributed by atoms with Gasteiger partial charge in [-0.05, 0) is 63.5 Å². The molecule has 1 aliphatic heterocycles. The molecule has 0 amide bonds. The maximum absolute atomic E-state index is 6.45. The van der Waals surface area contributed by atoms with Crippen LogP contribution in [-0.4, -0.2) is 18.2 Å². The zero-order valence-electron chi connectivity index (χ0n) is 13.3. The van der Waals surface area contributed by atoms with E-state index in [2.05, 4.69) is 31.2 Å². The summed E-state index contributed by atoms with van der Waals surface area (Å²) < 4.78 is 6.45. The van der Waals surface area contributed by atoms with Crippen LogP contribution in [0.1, 0.15) is 56.1 Å². The van der Waals surface area contributed by atoms with Gasteiger partial charge in [0.2, 0.25) is 0 Å². The highest BCUT2D eigenvalue weighted by Gasteiger charge is 2.42. The number of benzene rings is 1. The minimum Gasteiger partial charge on any atom is -0.372 e. The Balaban J connectivity index is 1.55. The van der Waals surface area contributed by atoms with Gasteiger partial charge in [0.05, 0.1) is 11.7 Å². The van der Waals surface area contributed by atoms with Crippen molar-refractivity contribution in [2.45, 2.75) is 70.0 Å². The molecule has 21 heavy (non-hydrogen) atoms. The van der Waals surface area contributed by atoms with E-state index in [1.54, 1.807) is 0 Å². The van der Waals surface area contributed by atoms with E-state index in [4.69, 9.17) is 10.5 Å². The van der Waals surface area contributed by atoms with Crippen LogP contribution in [-0.2, 0) is 11.2 Å². The minimum atomic E-state index is 0.257. The average Bonchev–Trinajstić information content (AvgIpc) is 3.09. The predicted molar refractivity (Wildman–Crippen MR) is 87.4 cm³/mol. The van der Waals surface area contributed by atoms with E-state index in [1.807, 2.05) is 0 Å². The lowest BCUT2D eigenvalue weighted by molar-refractivity contribution is -0.0438. The predicted octanol–water partition coefficient (Wildman–Crippen LogP) is 3.99. The van der Waals surface area contributed by atoms with Crippen LogP contribution in [0.25, 0.3) is 0 Å². The lowest BCUT2D eigenvalue weighted by Crippen LogP contribution is -2.27. The Hall–Kier alpha value is -0.860. The first-order valence-corrected chi connectivity index (χ1v) is 8.62. The van der Waals surface area contributed by atoms with Crippen molar-refractivity contribution in [1.82, 2.24) is 0 Å². The van der Waals surface area contributed by atoms with Crippen LogP contribution < -0.4 is 5.73 Å². The Morgan fingerprint density at radius 1 is 1.29 bits per heavy atom. The van der Waals surface area contributed by atoms with Gasteiger partial charge in [0.15, 0.2) is 0 Å². The molecule has 0 aromatic heterocycles. The first-order chi connectivity index (χ1) is 10.2. The van der Waals surface area contributed by atoms with Crippen LogP contribution in [0.4, 0.5) is 0 Å². The third-order valence-corrected chi connectivity index (χ3v) is 5.39. The Kier molecular flexibility index (Phi) is 4.66. The van der Waals surface area contributed by atoms with Gasteiger partial charge >= 0.3 is 0 Å². The van der Waals surface area contributed by atoms with Gasteiger partial charge in [-0.3, -0.25) is 0 Å². The summed E-state index contributed by atoms with van der Waals surface area (Å²) in [6.07, 6.45) is 10.5. The molecule has 1 spiro atoms. The van der Waals surface area contributed by atoms with E-state index in [1.165, 1.54) is 49.7 Å². The Morgan fingerprint density at radius 2 is 2.10 bits per heavy atom. The molecule has 2 unspecified atom stereocenters. The van der Waals surface area contributed by atoms with Crippen molar-refractivity contribution in [1.29, 1.82) is 0 Å². The lowest BCUT2D eigenvalue weighted by atomic mass is 9.91. The molecule has 2 heteroatoms. The summed E-state index contributed by atoms with van der Waals surface area (Å²) in [4.78, 5) is 0. The van der Waals surface area contributed by atoms with E-state index in [9.17, 15) is 0 Å². The number of aryl methyl sites for hydroxylation is 1. The first-order valence-electron chi connectivity index (χ1n) is 8.62. The highest BCUT2D eigenvalue weighted by atomic mass is 16.5. The summed E-state index contributed by atoms with van der Waals surface area (Å²) in [6, 6.07) is 8.82. The topological polar surface area (TPSA) is 35.2 Å². The number of rotatable bonds is 5. The summed E-state index contributed by atoms with van der Waals surface area (Å²) in [7, 11) is 0. The van der Waals surface area contributed by atoms with Gasteiger partial charge in [0.1, 0.15) is 0 Å². The molecule has 2 nitrogen and oxygen atoms in total. The third-order valence-electron chi connectivity index (χ3n) is 5.39. The largest absolute Gasteiger partial charge is 0.372 e. The second-order valence-corrected chi connectivity index (χ2v) is 7.20. The molecular weight excluding hydrogens is 258 g/mol. The molecule has 2 atom stereocenters. The zero-order valence-corrected chi connectivity index (χ0v) is 13.3. The van der Waals surface area contributed by atoms with Crippen molar-refractivity contribution in [3.8, 4) is 0 Å². The molecule has 1 aliphatic carbocycles. The van der Waals surface area contributed by atoms with Gasteiger partial charge in [0, 0.05) is 0 Å². The molecule has 1 saturated heterocycles. The van der Waals surface area contributed by atoms with Crippen molar-refractivity contribution in [3.05, 3.63) is 35.4 Å². The molecule has 2 N–H and O–H groups in total. The second-order valence-electron chi connectivity index (χ2n) is 7.20. The summed E-state index contributed by atoms with van der Waals surface area (Å²) in [5.41, 5.74) is 9.04.